The Kier molecular flexibility index (Phi) is 11.0. The first kappa shape index (κ1) is 38.2. The van der Waals surface area contributed by atoms with Crippen molar-refractivity contribution in [3.8, 4) is 0 Å². The summed E-state index contributed by atoms with van der Waals surface area (Å²) in [5.41, 5.74) is 0.700. The van der Waals surface area contributed by atoms with E-state index in [1.807, 2.05) is 0 Å². The predicted octanol–water partition coefficient (Wildman–Crippen LogP) is 7.76. The van der Waals surface area contributed by atoms with Crippen LogP contribution in [-0.2, 0) is 29.6 Å². The molecule has 0 N–H and O–H groups in total. The molecule has 278 valence electrons. The van der Waals surface area contributed by atoms with Crippen molar-refractivity contribution in [3.63, 3.8) is 0 Å². The maximum atomic E-state index is 14.5. The minimum absolute atomic E-state index is 0.0497. The Hall–Kier alpha value is -4.04. The van der Waals surface area contributed by atoms with Crippen LogP contribution in [0.25, 0.3) is 0 Å². The Balaban J connectivity index is 1.41. The third-order valence-electron chi connectivity index (χ3n) is 9.25. The Morgan fingerprint density at radius 1 is 0.778 bits per heavy atom. The zero-order chi connectivity index (χ0) is 38.4. The summed E-state index contributed by atoms with van der Waals surface area (Å²) in [6, 6.07) is 21.2. The van der Waals surface area contributed by atoms with Crippen LogP contribution in [0.3, 0.4) is 0 Å². The lowest BCUT2D eigenvalue weighted by Crippen LogP contribution is -2.72. The van der Waals surface area contributed by atoms with Crippen LogP contribution >= 0.6 is 58.0 Å². The second-order valence-electron chi connectivity index (χ2n) is 12.5. The number of carbonyl (C=O) groups is 5. The summed E-state index contributed by atoms with van der Waals surface area (Å²) in [6.07, 6.45) is -6.76. The molecule has 3 aliphatic rings. The Morgan fingerprint density at radius 3 is 1.91 bits per heavy atom. The molecule has 6 atom stereocenters. The van der Waals surface area contributed by atoms with E-state index in [9.17, 15) is 24.0 Å². The molecular formula is C38H27Cl5N2O9. The fraction of sp³-hybridized carbons (Fsp3) is 0.237. The Morgan fingerprint density at radius 2 is 1.35 bits per heavy atom. The van der Waals surface area contributed by atoms with E-state index in [0.717, 1.165) is 11.8 Å². The quantitative estimate of drug-likeness (QED) is 0.0604. The molecule has 3 heterocycles. The molecule has 4 aromatic rings. The number of rotatable bonds is 7. The van der Waals surface area contributed by atoms with Crippen molar-refractivity contribution in [3.05, 3.63) is 138 Å². The lowest BCUT2D eigenvalue weighted by atomic mass is 9.92. The van der Waals surface area contributed by atoms with E-state index in [4.69, 9.17) is 77.0 Å². The first-order valence-corrected chi connectivity index (χ1v) is 18.4. The normalized spacial score (nSPS) is 23.4. The van der Waals surface area contributed by atoms with Crippen molar-refractivity contribution in [1.82, 2.24) is 9.80 Å². The molecule has 4 amide bonds. The maximum absolute atomic E-state index is 14.5. The molecule has 0 unspecified atom stereocenters. The number of hydrogen-bond acceptors (Lipinski definition) is 9. The van der Waals surface area contributed by atoms with Crippen molar-refractivity contribution in [2.45, 2.75) is 49.7 Å². The van der Waals surface area contributed by atoms with Gasteiger partial charge in [0.2, 0.25) is 5.91 Å². The smallest absolute Gasteiger partial charge is 0.338 e. The van der Waals surface area contributed by atoms with E-state index in [2.05, 4.69) is 0 Å². The summed E-state index contributed by atoms with van der Waals surface area (Å²) in [6.45, 7) is 0.930. The van der Waals surface area contributed by atoms with E-state index in [0.29, 0.717) is 16.0 Å². The zero-order valence-corrected chi connectivity index (χ0v) is 31.7. The molecule has 7 rings (SSSR count). The van der Waals surface area contributed by atoms with Gasteiger partial charge in [-0.25, -0.2) is 9.69 Å². The fourth-order valence-corrected chi connectivity index (χ4v) is 7.89. The number of amides is 4. The Labute approximate surface area is 333 Å². The van der Waals surface area contributed by atoms with Gasteiger partial charge in [-0.1, -0.05) is 107 Å². The highest BCUT2D eigenvalue weighted by molar-refractivity contribution is 6.55. The molecule has 2 saturated heterocycles. The topological polar surface area (TPSA) is 129 Å². The monoisotopic (exact) mass is 830 g/mol. The second-order valence-corrected chi connectivity index (χ2v) is 14.3. The minimum Gasteiger partial charge on any atom is -0.453 e. The van der Waals surface area contributed by atoms with Crippen LogP contribution in [0.5, 0.6) is 0 Å². The van der Waals surface area contributed by atoms with E-state index < -0.39 is 66.5 Å². The van der Waals surface area contributed by atoms with Gasteiger partial charge in [0.05, 0.1) is 43.4 Å². The van der Waals surface area contributed by atoms with Gasteiger partial charge in [-0.2, -0.15) is 0 Å². The highest BCUT2D eigenvalue weighted by atomic mass is 35.5. The van der Waals surface area contributed by atoms with Gasteiger partial charge >= 0.3 is 5.97 Å². The molecule has 11 nitrogen and oxygen atoms in total. The number of nitrogens with zero attached hydrogens (tertiary/aromatic N) is 2. The molecule has 0 radical (unpaired) electrons. The lowest BCUT2D eigenvalue weighted by Gasteiger charge is -2.52. The van der Waals surface area contributed by atoms with Crippen molar-refractivity contribution >= 4 is 87.6 Å². The summed E-state index contributed by atoms with van der Waals surface area (Å²) in [5.74, 6) is -4.46. The number of alkyl halides is 1. The first-order valence-electron chi connectivity index (χ1n) is 16.4. The van der Waals surface area contributed by atoms with Crippen molar-refractivity contribution in [1.29, 1.82) is 0 Å². The summed E-state index contributed by atoms with van der Waals surface area (Å²) in [4.78, 5) is 72.4. The minimum atomic E-state index is -1.79. The fourth-order valence-electron chi connectivity index (χ4n) is 6.69. The maximum Gasteiger partial charge on any atom is 0.338 e. The number of fused-ring (bicyclic) bond motifs is 2. The molecule has 16 heteroatoms. The number of ether oxygens (including phenoxy) is 4. The number of carbonyl (C=O) groups excluding carboxylic acids is 5. The van der Waals surface area contributed by atoms with E-state index in [1.165, 1.54) is 24.3 Å². The molecule has 0 aromatic heterocycles. The lowest BCUT2D eigenvalue weighted by molar-refractivity contribution is -0.327. The average Bonchev–Trinajstić information content (AvgIpc) is 3.45. The number of hydrogen-bond donors (Lipinski definition) is 0. The van der Waals surface area contributed by atoms with Crippen molar-refractivity contribution in [2.24, 2.45) is 0 Å². The van der Waals surface area contributed by atoms with Gasteiger partial charge in [0.25, 0.3) is 17.7 Å². The summed E-state index contributed by atoms with van der Waals surface area (Å²) in [5, 5.41) is -1.30. The molecule has 0 bridgehead atoms. The molecule has 0 spiro atoms. The van der Waals surface area contributed by atoms with Crippen LogP contribution < -0.4 is 0 Å². The number of esters is 1. The molecule has 0 aliphatic carbocycles. The van der Waals surface area contributed by atoms with Crippen LogP contribution in [0.4, 0.5) is 0 Å². The van der Waals surface area contributed by atoms with E-state index in [1.54, 1.807) is 60.7 Å². The SMILES string of the molecule is CC(=O)N(C(=O)c1ccc(CCl)cc1)[C@@H]1O[C@@H]2CO[C@@H](c3ccccc3)O[C@H]2[C@H](OC(=O)c2ccccc2)[C@H]1N1C(=O)c2c(Cl)c(Cl)c(Cl)c(Cl)c2C1=O. The average molecular weight is 833 g/mol. The van der Waals surface area contributed by atoms with Gasteiger partial charge < -0.3 is 18.9 Å². The van der Waals surface area contributed by atoms with Gasteiger partial charge in [0.15, 0.2) is 18.6 Å². The van der Waals surface area contributed by atoms with Gasteiger partial charge in [-0.3, -0.25) is 24.1 Å². The summed E-state index contributed by atoms with van der Waals surface area (Å²) < 4.78 is 25.2. The number of benzene rings is 4. The molecule has 0 saturated carbocycles. The van der Waals surface area contributed by atoms with Crippen LogP contribution in [0.1, 0.15) is 65.8 Å². The van der Waals surface area contributed by atoms with E-state index in [-0.39, 0.29) is 54.8 Å². The first-order chi connectivity index (χ1) is 25.9. The van der Waals surface area contributed by atoms with Crippen LogP contribution in [0.15, 0.2) is 84.9 Å². The number of halogens is 5. The van der Waals surface area contributed by atoms with Gasteiger partial charge in [-0.05, 0) is 29.8 Å². The van der Waals surface area contributed by atoms with Crippen LogP contribution in [0.2, 0.25) is 20.1 Å². The third-order valence-corrected chi connectivity index (χ3v) is 11.4. The van der Waals surface area contributed by atoms with Crippen LogP contribution in [0, 0.1) is 0 Å². The standard InChI is InChI=1S/C38H27Cl5N2O9/c1-18(46)44(33(47)20-14-12-19(16-39)13-15-20)36-30(45-34(48)24-25(35(45)49)27(41)29(43)28(42)26(24)40)32(53-37(50)21-8-4-2-5-9-21)31-23(52-36)17-51-38(54-31)22-10-6-3-7-11-22/h2-15,23,30-32,36,38H,16-17H2,1H3/t23-,30-,31-,32-,36-,38-/m1/s1. The number of imide groups is 2. The second kappa shape index (κ2) is 15.6. The molecule has 54 heavy (non-hydrogen) atoms. The predicted molar refractivity (Wildman–Crippen MR) is 198 cm³/mol. The Bertz CT molecular complexity index is 2110. The third kappa shape index (κ3) is 6.77. The summed E-state index contributed by atoms with van der Waals surface area (Å²) >= 11 is 31.7. The van der Waals surface area contributed by atoms with Gasteiger partial charge in [0.1, 0.15) is 18.2 Å². The molecule has 3 aliphatic heterocycles. The largest absolute Gasteiger partial charge is 0.453 e. The molecular weight excluding hydrogens is 806 g/mol. The van der Waals surface area contributed by atoms with Crippen molar-refractivity contribution in [2.75, 3.05) is 6.61 Å². The summed E-state index contributed by atoms with van der Waals surface area (Å²) in [7, 11) is 0. The zero-order valence-electron chi connectivity index (χ0n) is 27.9. The highest BCUT2D eigenvalue weighted by Crippen LogP contribution is 2.47. The molecule has 4 aromatic carbocycles. The van der Waals surface area contributed by atoms with E-state index >= 15 is 0 Å². The van der Waals surface area contributed by atoms with Gasteiger partial charge in [-0.15, -0.1) is 11.6 Å². The van der Waals surface area contributed by atoms with Crippen molar-refractivity contribution < 1.29 is 42.9 Å². The van der Waals surface area contributed by atoms with Crippen LogP contribution in [-0.4, -0.2) is 76.6 Å². The van der Waals surface area contributed by atoms with Gasteiger partial charge in [0, 0.05) is 23.9 Å². The highest BCUT2D eigenvalue weighted by Gasteiger charge is 2.61. The molecule has 2 fully saturated rings.